The molecule has 8 heteroatoms. The van der Waals surface area contributed by atoms with Crippen LogP contribution in [0, 0.1) is 26.6 Å². The fraction of sp³-hybridized carbons (Fsp3) is 0.360. The predicted molar refractivity (Wildman–Crippen MR) is 136 cm³/mol. The molecule has 174 valence electrons. The lowest BCUT2D eigenvalue weighted by Crippen LogP contribution is -2.49. The van der Waals surface area contributed by atoms with Gasteiger partial charge in [0.05, 0.1) is 23.6 Å². The summed E-state index contributed by atoms with van der Waals surface area (Å²) in [5, 5.41) is 9.08. The maximum absolute atomic E-state index is 14.2. The highest BCUT2D eigenvalue weighted by Gasteiger charge is 2.22. The minimum absolute atomic E-state index is 0.268. The third kappa shape index (κ3) is 5.37. The van der Waals surface area contributed by atoms with Gasteiger partial charge < -0.3 is 10.2 Å². The molecule has 0 aliphatic carbocycles. The van der Waals surface area contributed by atoms with E-state index in [0.29, 0.717) is 15.7 Å². The zero-order valence-corrected chi connectivity index (χ0v) is 20.8. The van der Waals surface area contributed by atoms with E-state index in [-0.39, 0.29) is 12.4 Å². The van der Waals surface area contributed by atoms with Crippen molar-refractivity contribution in [1.82, 2.24) is 19.6 Å². The molecular weight excluding hydrogens is 457 g/mol. The van der Waals surface area contributed by atoms with Crippen molar-refractivity contribution in [2.75, 3.05) is 31.5 Å². The maximum atomic E-state index is 14.2. The first-order valence-corrected chi connectivity index (χ1v) is 11.9. The highest BCUT2D eigenvalue weighted by atomic mass is 35.5. The largest absolute Gasteiger partial charge is 0.346 e. The topological polar surface area (TPSA) is 36.3 Å². The molecule has 5 nitrogen and oxygen atoms in total. The van der Waals surface area contributed by atoms with Gasteiger partial charge in [0.1, 0.15) is 5.82 Å². The molecule has 1 aromatic heterocycles. The SMILES string of the molecule is Cc1ccccc1CN1CCN(C(=S)Nc2c(C)nn(Cc3c(F)cccc3Cl)c2C)CC1. The van der Waals surface area contributed by atoms with E-state index in [2.05, 4.69) is 51.4 Å². The first kappa shape index (κ1) is 23.7. The lowest BCUT2D eigenvalue weighted by molar-refractivity contribution is 0.176. The van der Waals surface area contributed by atoms with Gasteiger partial charge in [-0.3, -0.25) is 9.58 Å². The van der Waals surface area contributed by atoms with Gasteiger partial charge in [0.15, 0.2) is 5.11 Å². The summed E-state index contributed by atoms with van der Waals surface area (Å²) in [6.07, 6.45) is 0. The van der Waals surface area contributed by atoms with Crippen LogP contribution in [-0.4, -0.2) is 50.9 Å². The van der Waals surface area contributed by atoms with Crippen molar-refractivity contribution in [3.63, 3.8) is 0 Å². The number of rotatable bonds is 5. The lowest BCUT2D eigenvalue weighted by atomic mass is 10.1. The monoisotopic (exact) mass is 485 g/mol. The quantitative estimate of drug-likeness (QED) is 0.505. The van der Waals surface area contributed by atoms with Crippen LogP contribution in [0.2, 0.25) is 5.02 Å². The second-order valence-electron chi connectivity index (χ2n) is 8.52. The first-order chi connectivity index (χ1) is 15.8. The molecule has 0 atom stereocenters. The summed E-state index contributed by atoms with van der Waals surface area (Å²) >= 11 is 11.9. The summed E-state index contributed by atoms with van der Waals surface area (Å²) in [4.78, 5) is 4.67. The molecule has 2 heterocycles. The van der Waals surface area contributed by atoms with Gasteiger partial charge in [0.25, 0.3) is 0 Å². The molecule has 1 saturated heterocycles. The molecule has 0 saturated carbocycles. The molecule has 0 bridgehead atoms. The summed E-state index contributed by atoms with van der Waals surface area (Å²) in [7, 11) is 0. The second-order valence-corrected chi connectivity index (χ2v) is 9.32. The molecule has 1 fully saturated rings. The van der Waals surface area contributed by atoms with E-state index >= 15 is 0 Å². The van der Waals surface area contributed by atoms with E-state index in [9.17, 15) is 4.39 Å². The van der Waals surface area contributed by atoms with E-state index < -0.39 is 0 Å². The van der Waals surface area contributed by atoms with Crippen molar-refractivity contribution >= 4 is 34.6 Å². The number of anilines is 1. The molecule has 33 heavy (non-hydrogen) atoms. The van der Waals surface area contributed by atoms with E-state index in [1.807, 2.05) is 13.8 Å². The minimum atomic E-state index is -0.330. The van der Waals surface area contributed by atoms with Gasteiger partial charge in [-0.25, -0.2) is 4.39 Å². The predicted octanol–water partition coefficient (Wildman–Crippen LogP) is 5.16. The molecule has 4 rings (SSSR count). The Kier molecular flexibility index (Phi) is 7.32. The molecule has 1 aliphatic heterocycles. The lowest BCUT2D eigenvalue weighted by Gasteiger charge is -2.36. The van der Waals surface area contributed by atoms with Crippen molar-refractivity contribution in [2.45, 2.75) is 33.9 Å². The molecule has 2 aromatic carbocycles. The molecule has 1 N–H and O–H groups in total. The molecule has 1 aliphatic rings. The Labute approximate surface area is 205 Å². The fourth-order valence-corrected chi connectivity index (χ4v) is 4.70. The number of hydrogen-bond donors (Lipinski definition) is 1. The van der Waals surface area contributed by atoms with E-state index in [0.717, 1.165) is 49.8 Å². The van der Waals surface area contributed by atoms with E-state index in [1.54, 1.807) is 16.8 Å². The van der Waals surface area contributed by atoms with Crippen LogP contribution in [-0.2, 0) is 13.1 Å². The first-order valence-electron chi connectivity index (χ1n) is 11.1. The maximum Gasteiger partial charge on any atom is 0.173 e. The Morgan fingerprint density at radius 3 is 2.45 bits per heavy atom. The number of aryl methyl sites for hydroxylation is 2. The van der Waals surface area contributed by atoms with Crippen LogP contribution in [0.15, 0.2) is 42.5 Å². The van der Waals surface area contributed by atoms with Crippen molar-refractivity contribution in [2.24, 2.45) is 0 Å². The van der Waals surface area contributed by atoms with Crippen LogP contribution in [0.3, 0.4) is 0 Å². The van der Waals surface area contributed by atoms with Gasteiger partial charge in [-0.2, -0.15) is 5.10 Å². The minimum Gasteiger partial charge on any atom is -0.346 e. The van der Waals surface area contributed by atoms with Crippen LogP contribution < -0.4 is 5.32 Å². The van der Waals surface area contributed by atoms with Crippen LogP contribution in [0.5, 0.6) is 0 Å². The zero-order chi connectivity index (χ0) is 23.5. The van der Waals surface area contributed by atoms with Crippen molar-refractivity contribution in [1.29, 1.82) is 0 Å². The third-order valence-corrected chi connectivity index (χ3v) is 7.01. The molecule has 3 aromatic rings. The van der Waals surface area contributed by atoms with Gasteiger partial charge in [0, 0.05) is 43.3 Å². The number of nitrogens with one attached hydrogen (secondary N) is 1. The van der Waals surface area contributed by atoms with Crippen molar-refractivity contribution in [3.05, 3.63) is 81.4 Å². The second kappa shape index (κ2) is 10.2. The Morgan fingerprint density at radius 2 is 1.76 bits per heavy atom. The van der Waals surface area contributed by atoms with Gasteiger partial charge in [-0.15, -0.1) is 0 Å². The molecular formula is C25H29ClFN5S. The highest BCUT2D eigenvalue weighted by molar-refractivity contribution is 7.80. The summed E-state index contributed by atoms with van der Waals surface area (Å²) < 4.78 is 16.0. The van der Waals surface area contributed by atoms with Crippen LogP contribution in [0.4, 0.5) is 10.1 Å². The van der Waals surface area contributed by atoms with E-state index in [4.69, 9.17) is 23.8 Å². The normalized spacial score (nSPS) is 14.5. The average Bonchev–Trinajstić information content (AvgIpc) is 3.06. The molecule has 0 spiro atoms. The van der Waals surface area contributed by atoms with Crippen LogP contribution in [0.25, 0.3) is 0 Å². The van der Waals surface area contributed by atoms with Gasteiger partial charge in [-0.05, 0) is 56.2 Å². The fourth-order valence-electron chi connectivity index (χ4n) is 4.19. The molecule has 0 unspecified atom stereocenters. The number of aromatic nitrogens is 2. The summed E-state index contributed by atoms with van der Waals surface area (Å²) in [5.41, 5.74) is 5.73. The van der Waals surface area contributed by atoms with Crippen molar-refractivity contribution in [3.8, 4) is 0 Å². The van der Waals surface area contributed by atoms with E-state index in [1.165, 1.54) is 17.2 Å². The number of hydrogen-bond acceptors (Lipinski definition) is 3. The van der Waals surface area contributed by atoms with Gasteiger partial charge in [0.2, 0.25) is 0 Å². The van der Waals surface area contributed by atoms with Crippen molar-refractivity contribution < 1.29 is 4.39 Å². The molecule has 0 amide bonds. The zero-order valence-electron chi connectivity index (χ0n) is 19.2. The third-order valence-electron chi connectivity index (χ3n) is 6.30. The number of halogens is 2. The Hall–Kier alpha value is -2.48. The Bertz CT molecular complexity index is 1130. The summed E-state index contributed by atoms with van der Waals surface area (Å²) in [6, 6.07) is 13.3. The molecule has 0 radical (unpaired) electrons. The van der Waals surface area contributed by atoms with Crippen LogP contribution in [0.1, 0.15) is 28.1 Å². The summed E-state index contributed by atoms with van der Waals surface area (Å²) in [6.45, 7) is 10.9. The van der Waals surface area contributed by atoms with Crippen LogP contribution >= 0.6 is 23.8 Å². The number of benzene rings is 2. The highest BCUT2D eigenvalue weighted by Crippen LogP contribution is 2.25. The standard InChI is InChI=1S/C25H29ClFN5S/c1-17-7-4-5-8-20(17)15-30-11-13-31(14-12-30)25(33)28-24-18(2)29-32(19(24)3)16-21-22(26)9-6-10-23(21)27/h4-10H,11-16H2,1-3H3,(H,28,33). The summed E-state index contributed by atoms with van der Waals surface area (Å²) in [5.74, 6) is -0.330. The Balaban J connectivity index is 1.38. The van der Waals surface area contributed by atoms with Gasteiger partial charge >= 0.3 is 0 Å². The number of piperazine rings is 1. The number of thiocarbonyl (C=S) groups is 1. The number of nitrogens with zero attached hydrogens (tertiary/aromatic N) is 4. The Morgan fingerprint density at radius 1 is 1.03 bits per heavy atom. The van der Waals surface area contributed by atoms with Gasteiger partial charge in [-0.1, -0.05) is 41.9 Å². The average molecular weight is 486 g/mol. The smallest absolute Gasteiger partial charge is 0.173 e.